The lowest BCUT2D eigenvalue weighted by Crippen LogP contribution is -2.40. The van der Waals surface area contributed by atoms with Crippen molar-refractivity contribution < 1.29 is 9.90 Å². The van der Waals surface area contributed by atoms with E-state index in [0.717, 1.165) is 19.4 Å². The Balaban J connectivity index is 2.28. The van der Waals surface area contributed by atoms with Gasteiger partial charge in [0, 0.05) is 6.54 Å². The Hall–Kier alpha value is -1.39. The van der Waals surface area contributed by atoms with Crippen LogP contribution in [0.4, 0.5) is 0 Å². The van der Waals surface area contributed by atoms with Crippen LogP contribution in [0.15, 0.2) is 24.3 Å². The predicted octanol–water partition coefficient (Wildman–Crippen LogP) is 1.43. The zero-order chi connectivity index (χ0) is 14.3. The molecule has 0 bridgehead atoms. The van der Waals surface area contributed by atoms with Crippen molar-refractivity contribution in [2.24, 2.45) is 11.7 Å². The highest BCUT2D eigenvalue weighted by atomic mass is 16.4. The molecular weight excluding hydrogens is 240 g/mol. The summed E-state index contributed by atoms with van der Waals surface area (Å²) in [4.78, 5) is 10.5. The normalized spacial score (nSPS) is 12.6. The van der Waals surface area contributed by atoms with Crippen LogP contribution in [-0.2, 0) is 17.6 Å². The van der Waals surface area contributed by atoms with E-state index in [1.807, 2.05) is 0 Å². The van der Waals surface area contributed by atoms with Gasteiger partial charge in [0.15, 0.2) is 0 Å². The molecule has 0 heterocycles. The first-order valence-electron chi connectivity index (χ1n) is 6.76. The summed E-state index contributed by atoms with van der Waals surface area (Å²) >= 11 is 0. The standard InChI is InChI=1S/C15H24N2O2/c1-11(2)9-13-5-3-12(4-6-13)7-8-17-10-14(16)15(18)19/h3-6,11,14,17H,7-10,16H2,1-2H3,(H,18,19). The molecule has 1 atom stereocenters. The molecule has 1 unspecified atom stereocenters. The van der Waals surface area contributed by atoms with Crippen molar-refractivity contribution in [2.75, 3.05) is 13.1 Å². The van der Waals surface area contributed by atoms with Crippen molar-refractivity contribution in [3.8, 4) is 0 Å². The van der Waals surface area contributed by atoms with Crippen LogP contribution in [0.25, 0.3) is 0 Å². The molecule has 0 radical (unpaired) electrons. The highest BCUT2D eigenvalue weighted by Gasteiger charge is 2.09. The topological polar surface area (TPSA) is 75.3 Å². The monoisotopic (exact) mass is 264 g/mol. The van der Waals surface area contributed by atoms with Crippen LogP contribution in [0, 0.1) is 5.92 Å². The Kier molecular flexibility index (Phi) is 6.53. The first kappa shape index (κ1) is 15.7. The molecule has 0 aromatic heterocycles. The van der Waals surface area contributed by atoms with Gasteiger partial charge in [-0.1, -0.05) is 38.1 Å². The highest BCUT2D eigenvalue weighted by molar-refractivity contribution is 5.73. The molecule has 4 heteroatoms. The van der Waals surface area contributed by atoms with Crippen LogP contribution < -0.4 is 11.1 Å². The van der Waals surface area contributed by atoms with Crippen LogP contribution in [0.1, 0.15) is 25.0 Å². The summed E-state index contributed by atoms with van der Waals surface area (Å²) < 4.78 is 0. The molecule has 0 saturated heterocycles. The van der Waals surface area contributed by atoms with Gasteiger partial charge in [-0.3, -0.25) is 4.79 Å². The molecule has 0 amide bonds. The molecule has 19 heavy (non-hydrogen) atoms. The molecule has 0 aliphatic carbocycles. The third kappa shape index (κ3) is 6.36. The predicted molar refractivity (Wildman–Crippen MR) is 77.2 cm³/mol. The summed E-state index contributed by atoms with van der Waals surface area (Å²) in [6.45, 7) is 5.47. The second-order valence-electron chi connectivity index (χ2n) is 5.31. The first-order valence-corrected chi connectivity index (χ1v) is 6.76. The van der Waals surface area contributed by atoms with Crippen LogP contribution >= 0.6 is 0 Å². The van der Waals surface area contributed by atoms with E-state index in [4.69, 9.17) is 10.8 Å². The van der Waals surface area contributed by atoms with Crippen molar-refractivity contribution in [2.45, 2.75) is 32.7 Å². The van der Waals surface area contributed by atoms with E-state index in [2.05, 4.69) is 43.4 Å². The minimum absolute atomic E-state index is 0.306. The van der Waals surface area contributed by atoms with Gasteiger partial charge >= 0.3 is 5.97 Å². The average Bonchev–Trinajstić information content (AvgIpc) is 2.35. The number of benzene rings is 1. The molecular formula is C15H24N2O2. The maximum Gasteiger partial charge on any atom is 0.321 e. The lowest BCUT2D eigenvalue weighted by atomic mass is 10.0. The molecule has 4 nitrogen and oxygen atoms in total. The van der Waals surface area contributed by atoms with Crippen molar-refractivity contribution in [1.82, 2.24) is 5.32 Å². The largest absolute Gasteiger partial charge is 0.480 e. The van der Waals surface area contributed by atoms with Gasteiger partial charge in [0.2, 0.25) is 0 Å². The average molecular weight is 264 g/mol. The summed E-state index contributed by atoms with van der Waals surface area (Å²) in [5.41, 5.74) is 8.01. The number of carboxylic acids is 1. The fourth-order valence-corrected chi connectivity index (χ4v) is 1.89. The number of carbonyl (C=O) groups is 1. The molecule has 106 valence electrons. The summed E-state index contributed by atoms with van der Waals surface area (Å²) in [7, 11) is 0. The SMILES string of the molecule is CC(C)Cc1ccc(CCNCC(N)C(=O)O)cc1. The summed E-state index contributed by atoms with van der Waals surface area (Å²) in [6.07, 6.45) is 1.99. The second kappa shape index (κ2) is 7.92. The van der Waals surface area contributed by atoms with E-state index < -0.39 is 12.0 Å². The number of aliphatic carboxylic acids is 1. The third-order valence-corrected chi connectivity index (χ3v) is 2.94. The minimum Gasteiger partial charge on any atom is -0.480 e. The fraction of sp³-hybridized carbons (Fsp3) is 0.533. The van der Waals surface area contributed by atoms with E-state index in [1.165, 1.54) is 11.1 Å². The smallest absolute Gasteiger partial charge is 0.321 e. The van der Waals surface area contributed by atoms with Crippen LogP contribution in [0.3, 0.4) is 0 Å². The number of hydrogen-bond donors (Lipinski definition) is 3. The number of nitrogens with one attached hydrogen (secondary N) is 1. The number of carboxylic acid groups (broad SMARTS) is 1. The number of hydrogen-bond acceptors (Lipinski definition) is 3. The minimum atomic E-state index is -0.967. The quantitative estimate of drug-likeness (QED) is 0.621. The van der Waals surface area contributed by atoms with E-state index in [-0.39, 0.29) is 0 Å². The first-order chi connectivity index (χ1) is 8.99. The van der Waals surface area contributed by atoms with Crippen LogP contribution in [0.5, 0.6) is 0 Å². The van der Waals surface area contributed by atoms with Gasteiger partial charge < -0.3 is 16.2 Å². The van der Waals surface area contributed by atoms with Gasteiger partial charge in [-0.2, -0.15) is 0 Å². The Morgan fingerprint density at radius 3 is 2.37 bits per heavy atom. The van der Waals surface area contributed by atoms with Gasteiger partial charge in [-0.15, -0.1) is 0 Å². The Labute approximate surface area is 115 Å². The lowest BCUT2D eigenvalue weighted by Gasteiger charge is -2.09. The molecule has 0 aliphatic rings. The Bertz CT molecular complexity index is 388. The molecule has 4 N–H and O–H groups in total. The van der Waals surface area contributed by atoms with Crippen molar-refractivity contribution in [1.29, 1.82) is 0 Å². The molecule has 1 aromatic carbocycles. The van der Waals surface area contributed by atoms with Crippen molar-refractivity contribution >= 4 is 5.97 Å². The maximum absolute atomic E-state index is 10.5. The van der Waals surface area contributed by atoms with Gasteiger partial charge in [-0.05, 0) is 36.4 Å². The molecule has 1 rings (SSSR count). The van der Waals surface area contributed by atoms with E-state index in [9.17, 15) is 4.79 Å². The van der Waals surface area contributed by atoms with E-state index >= 15 is 0 Å². The van der Waals surface area contributed by atoms with Gasteiger partial charge in [0.25, 0.3) is 0 Å². The molecule has 0 spiro atoms. The lowest BCUT2D eigenvalue weighted by molar-refractivity contribution is -0.138. The highest BCUT2D eigenvalue weighted by Crippen LogP contribution is 2.09. The van der Waals surface area contributed by atoms with Crippen LogP contribution in [0.2, 0.25) is 0 Å². The van der Waals surface area contributed by atoms with Crippen molar-refractivity contribution in [3.05, 3.63) is 35.4 Å². The van der Waals surface area contributed by atoms with E-state index in [0.29, 0.717) is 12.5 Å². The zero-order valence-electron chi connectivity index (χ0n) is 11.7. The number of nitrogens with two attached hydrogens (primary N) is 1. The summed E-state index contributed by atoms with van der Waals surface area (Å²) in [5, 5.41) is 11.7. The number of rotatable bonds is 8. The van der Waals surface area contributed by atoms with Crippen LogP contribution in [-0.4, -0.2) is 30.2 Å². The molecule has 0 fully saturated rings. The van der Waals surface area contributed by atoms with Gasteiger partial charge in [0.1, 0.15) is 6.04 Å². The zero-order valence-corrected chi connectivity index (χ0v) is 11.7. The molecule has 1 aromatic rings. The Morgan fingerprint density at radius 1 is 1.26 bits per heavy atom. The molecule has 0 aliphatic heterocycles. The summed E-state index contributed by atoms with van der Waals surface area (Å²) in [6, 6.07) is 7.78. The van der Waals surface area contributed by atoms with Gasteiger partial charge in [-0.25, -0.2) is 0 Å². The van der Waals surface area contributed by atoms with E-state index in [1.54, 1.807) is 0 Å². The second-order valence-corrected chi connectivity index (χ2v) is 5.31. The third-order valence-electron chi connectivity index (χ3n) is 2.94. The van der Waals surface area contributed by atoms with Crippen molar-refractivity contribution in [3.63, 3.8) is 0 Å². The Morgan fingerprint density at radius 2 is 1.84 bits per heavy atom. The fourth-order valence-electron chi connectivity index (χ4n) is 1.89. The van der Waals surface area contributed by atoms with Gasteiger partial charge in [0.05, 0.1) is 0 Å². The molecule has 0 saturated carbocycles. The summed E-state index contributed by atoms with van der Waals surface area (Å²) in [5.74, 6) is -0.296. The maximum atomic E-state index is 10.5.